The quantitative estimate of drug-likeness (QED) is 0.472. The zero-order chi connectivity index (χ0) is 32.6. The molecule has 5 amide bonds. The molecule has 0 saturated carbocycles. The van der Waals surface area contributed by atoms with Crippen molar-refractivity contribution in [2.75, 3.05) is 53.4 Å². The highest BCUT2D eigenvalue weighted by atomic mass is 16.5. The summed E-state index contributed by atoms with van der Waals surface area (Å²) >= 11 is 0. The van der Waals surface area contributed by atoms with Crippen molar-refractivity contribution in [3.8, 4) is 5.75 Å². The largest absolute Gasteiger partial charge is 0.491 e. The molecule has 13 heteroatoms. The highest BCUT2D eigenvalue weighted by molar-refractivity contribution is 5.97. The number of hydrogen-bond donors (Lipinski definition) is 2. The van der Waals surface area contributed by atoms with Gasteiger partial charge in [0.2, 0.25) is 23.6 Å². The standard InChI is InChI=1S/C33H43N7O6/c1-37-21-31(43)40-19-25(36-29(41)20-39-15-3-4-16-39)17-26(40)22-46-27-7-5-24(6-8-27)33(45)38(2)28(9-10-30(37)42)32(44)35-18-23-11-13-34-14-12-23/h5-8,11-14,25-26,28H,3-4,9-10,15-22H2,1-2H3,(H,35,44)(H,36,41)/t25-,26+,28+/m1/s1. The molecule has 0 aliphatic carbocycles. The van der Waals surface area contributed by atoms with E-state index in [2.05, 4.69) is 20.5 Å². The number of amides is 5. The van der Waals surface area contributed by atoms with Gasteiger partial charge in [-0.1, -0.05) is 0 Å². The lowest BCUT2D eigenvalue weighted by Gasteiger charge is -2.29. The predicted octanol–water partition coefficient (Wildman–Crippen LogP) is 0.651. The number of benzene rings is 1. The molecule has 1 aromatic carbocycles. The number of nitrogens with one attached hydrogen (secondary N) is 2. The van der Waals surface area contributed by atoms with Crippen molar-refractivity contribution < 1.29 is 28.7 Å². The summed E-state index contributed by atoms with van der Waals surface area (Å²) in [6.07, 6.45) is 5.99. The minimum Gasteiger partial charge on any atom is -0.491 e. The van der Waals surface area contributed by atoms with E-state index in [0.717, 1.165) is 31.5 Å². The van der Waals surface area contributed by atoms with Gasteiger partial charge in [0.05, 0.1) is 19.1 Å². The topological polar surface area (TPSA) is 144 Å². The zero-order valence-corrected chi connectivity index (χ0v) is 26.5. The summed E-state index contributed by atoms with van der Waals surface area (Å²) in [7, 11) is 3.10. The predicted molar refractivity (Wildman–Crippen MR) is 168 cm³/mol. The minimum atomic E-state index is -0.929. The molecule has 4 aliphatic rings. The maximum atomic E-state index is 13.6. The third kappa shape index (κ3) is 8.39. The molecule has 3 atom stereocenters. The third-order valence-electron chi connectivity index (χ3n) is 8.95. The number of nitrogens with zero attached hydrogens (tertiary/aromatic N) is 5. The smallest absolute Gasteiger partial charge is 0.254 e. The van der Waals surface area contributed by atoms with Crippen molar-refractivity contribution in [1.29, 1.82) is 0 Å². The normalized spacial score (nSPS) is 23.2. The van der Waals surface area contributed by atoms with Crippen molar-refractivity contribution in [3.63, 3.8) is 0 Å². The van der Waals surface area contributed by atoms with E-state index in [1.807, 2.05) is 0 Å². The lowest BCUT2D eigenvalue weighted by Crippen LogP contribution is -2.48. The Labute approximate surface area is 269 Å². The number of carbonyl (C=O) groups excluding carboxylic acids is 5. The monoisotopic (exact) mass is 633 g/mol. The maximum Gasteiger partial charge on any atom is 0.254 e. The van der Waals surface area contributed by atoms with E-state index < -0.39 is 11.9 Å². The van der Waals surface area contributed by atoms with E-state index >= 15 is 0 Å². The summed E-state index contributed by atoms with van der Waals surface area (Å²) in [5, 5.41) is 5.96. The highest BCUT2D eigenvalue weighted by Gasteiger charge is 2.37. The van der Waals surface area contributed by atoms with Crippen LogP contribution in [0.25, 0.3) is 0 Å². The van der Waals surface area contributed by atoms with Crippen molar-refractivity contribution in [3.05, 3.63) is 59.9 Å². The van der Waals surface area contributed by atoms with Gasteiger partial charge in [0.25, 0.3) is 5.91 Å². The molecule has 2 aromatic rings. The summed E-state index contributed by atoms with van der Waals surface area (Å²) in [5.74, 6) is -0.875. The second-order valence-corrected chi connectivity index (χ2v) is 12.3. The minimum absolute atomic E-state index is 0.0462. The molecule has 2 N–H and O–H groups in total. The molecule has 13 nitrogen and oxygen atoms in total. The first-order valence-corrected chi connectivity index (χ1v) is 15.9. The molecule has 6 rings (SSSR count). The molecule has 2 fully saturated rings. The first-order chi connectivity index (χ1) is 22.2. The Morgan fingerprint density at radius 1 is 0.978 bits per heavy atom. The fourth-order valence-electron chi connectivity index (χ4n) is 6.27. The average molecular weight is 634 g/mol. The molecule has 2 saturated heterocycles. The summed E-state index contributed by atoms with van der Waals surface area (Å²) < 4.78 is 6.06. The Hall–Kier alpha value is -4.52. The van der Waals surface area contributed by atoms with Crippen LogP contribution >= 0.6 is 0 Å². The van der Waals surface area contributed by atoms with Crippen LogP contribution in [-0.2, 0) is 25.7 Å². The average Bonchev–Trinajstić information content (AvgIpc) is 3.72. The van der Waals surface area contributed by atoms with E-state index in [-0.39, 0.29) is 68.3 Å². The van der Waals surface area contributed by atoms with Crippen molar-refractivity contribution in [2.45, 2.75) is 56.8 Å². The van der Waals surface area contributed by atoms with Gasteiger partial charge in [0.1, 0.15) is 18.4 Å². The fraction of sp³-hybridized carbons (Fsp3) is 0.515. The maximum absolute atomic E-state index is 13.6. The van der Waals surface area contributed by atoms with Crippen LogP contribution in [0.3, 0.4) is 0 Å². The van der Waals surface area contributed by atoms with Gasteiger partial charge in [0, 0.05) is 57.6 Å². The van der Waals surface area contributed by atoms with Gasteiger partial charge in [-0.25, -0.2) is 0 Å². The summed E-state index contributed by atoms with van der Waals surface area (Å²) in [5.41, 5.74) is 1.22. The molecular weight excluding hydrogens is 590 g/mol. The number of carbonyl (C=O) groups is 5. The van der Waals surface area contributed by atoms with Gasteiger partial charge in [-0.2, -0.15) is 0 Å². The Balaban J connectivity index is 1.30. The van der Waals surface area contributed by atoms with Crippen LogP contribution in [0.2, 0.25) is 0 Å². The SMILES string of the molecule is CN1CC(=O)N2C[C@H](NC(=O)CN3CCCC3)C[C@H]2COc2ccc(cc2)C(=O)N(C)[C@H](C(=O)NCc2ccncc2)CCC1=O. The van der Waals surface area contributed by atoms with E-state index in [4.69, 9.17) is 4.74 Å². The molecule has 5 heterocycles. The van der Waals surface area contributed by atoms with Crippen LogP contribution in [0.5, 0.6) is 5.75 Å². The molecule has 46 heavy (non-hydrogen) atoms. The molecule has 4 aliphatic heterocycles. The molecule has 0 unspecified atom stereocenters. The molecule has 1 aromatic heterocycles. The summed E-state index contributed by atoms with van der Waals surface area (Å²) in [4.78, 5) is 76.9. The number of hydrogen-bond acceptors (Lipinski definition) is 8. The lowest BCUT2D eigenvalue weighted by molar-refractivity contribution is -0.140. The second-order valence-electron chi connectivity index (χ2n) is 12.3. The number of pyridine rings is 1. The molecule has 0 spiro atoms. The number of likely N-dealkylation sites (tertiary alicyclic amines) is 1. The summed E-state index contributed by atoms with van der Waals surface area (Å²) in [6, 6.07) is 8.73. The van der Waals surface area contributed by atoms with Gasteiger partial charge in [-0.3, -0.25) is 33.9 Å². The highest BCUT2D eigenvalue weighted by Crippen LogP contribution is 2.22. The number of fused-ring (bicyclic) bond motifs is 11. The Morgan fingerprint density at radius 3 is 2.41 bits per heavy atom. The van der Waals surface area contributed by atoms with Crippen LogP contribution in [0.4, 0.5) is 0 Å². The van der Waals surface area contributed by atoms with Gasteiger partial charge in [-0.05, 0) is 80.7 Å². The fourth-order valence-corrected chi connectivity index (χ4v) is 6.27. The number of likely N-dealkylation sites (N-methyl/N-ethyl adjacent to an activating group) is 2. The van der Waals surface area contributed by atoms with E-state index in [1.165, 1.54) is 9.80 Å². The third-order valence-corrected chi connectivity index (χ3v) is 8.95. The van der Waals surface area contributed by atoms with E-state index in [9.17, 15) is 24.0 Å². The van der Waals surface area contributed by atoms with Crippen LogP contribution in [0, 0.1) is 0 Å². The Morgan fingerprint density at radius 2 is 1.70 bits per heavy atom. The molecular formula is C33H43N7O6. The van der Waals surface area contributed by atoms with E-state index in [1.54, 1.807) is 67.8 Å². The van der Waals surface area contributed by atoms with Crippen LogP contribution in [-0.4, -0.2) is 126 Å². The van der Waals surface area contributed by atoms with Crippen molar-refractivity contribution in [1.82, 2.24) is 35.2 Å². The Kier molecular flexibility index (Phi) is 10.8. The first-order valence-electron chi connectivity index (χ1n) is 15.9. The van der Waals surface area contributed by atoms with Crippen LogP contribution in [0.1, 0.15) is 48.0 Å². The van der Waals surface area contributed by atoms with Crippen LogP contribution < -0.4 is 15.4 Å². The second kappa shape index (κ2) is 15.2. The summed E-state index contributed by atoms with van der Waals surface area (Å²) in [6.45, 7) is 2.75. The van der Waals surface area contributed by atoms with Crippen molar-refractivity contribution >= 4 is 29.5 Å². The zero-order valence-electron chi connectivity index (χ0n) is 26.5. The van der Waals surface area contributed by atoms with Gasteiger partial charge < -0.3 is 30.1 Å². The molecule has 0 radical (unpaired) electrons. The van der Waals surface area contributed by atoms with Gasteiger partial charge >= 0.3 is 0 Å². The number of aromatic nitrogens is 1. The lowest BCUT2D eigenvalue weighted by atomic mass is 10.1. The van der Waals surface area contributed by atoms with E-state index in [0.29, 0.717) is 30.8 Å². The Bertz CT molecular complexity index is 1400. The van der Waals surface area contributed by atoms with Gasteiger partial charge in [-0.15, -0.1) is 0 Å². The molecule has 2 bridgehead atoms. The van der Waals surface area contributed by atoms with Crippen LogP contribution in [0.15, 0.2) is 48.8 Å². The first kappa shape index (κ1) is 32.9. The number of ether oxygens (including phenoxy) is 1. The molecule has 246 valence electrons. The number of rotatable bonds is 6. The van der Waals surface area contributed by atoms with Gasteiger partial charge in [0.15, 0.2) is 0 Å². The van der Waals surface area contributed by atoms with Crippen molar-refractivity contribution in [2.24, 2.45) is 0 Å².